The zero-order chi connectivity index (χ0) is 26.9. The quantitative estimate of drug-likeness (QED) is 0.433. The minimum absolute atomic E-state index is 0.154. The number of carbonyl (C=O) groups is 1. The summed E-state index contributed by atoms with van der Waals surface area (Å²) in [5.74, 6) is 1.66. The SMILES string of the molecule is COC1(c2ccc(Cl)cc2)CN(c2nc3c(c(NC4(COC(=O)OCCN(C)C)CCC4)n2)S(=O)CC3)C1. The van der Waals surface area contributed by atoms with Gasteiger partial charge in [-0.1, -0.05) is 23.7 Å². The molecule has 12 heteroatoms. The lowest BCUT2D eigenvalue weighted by Gasteiger charge is -2.49. The molecular weight excluding hydrogens is 530 g/mol. The van der Waals surface area contributed by atoms with Gasteiger partial charge in [0.05, 0.1) is 35.1 Å². The zero-order valence-corrected chi connectivity index (χ0v) is 23.6. The van der Waals surface area contributed by atoms with Crippen LogP contribution in [0.4, 0.5) is 16.6 Å². The average Bonchev–Trinajstić information content (AvgIpc) is 3.22. The lowest BCUT2D eigenvalue weighted by molar-refractivity contribution is -0.0390. The van der Waals surface area contributed by atoms with Crippen LogP contribution in [-0.4, -0.2) is 90.6 Å². The zero-order valence-electron chi connectivity index (χ0n) is 22.0. The van der Waals surface area contributed by atoms with Gasteiger partial charge >= 0.3 is 6.16 Å². The molecule has 0 spiro atoms. The van der Waals surface area contributed by atoms with Crippen molar-refractivity contribution >= 4 is 40.3 Å². The Balaban J connectivity index is 1.31. The van der Waals surface area contributed by atoms with Crippen molar-refractivity contribution in [2.24, 2.45) is 0 Å². The lowest BCUT2D eigenvalue weighted by atomic mass is 9.77. The maximum atomic E-state index is 12.9. The van der Waals surface area contributed by atoms with Crippen LogP contribution >= 0.6 is 11.6 Å². The Hall–Kier alpha value is -2.47. The number of methoxy groups -OCH3 is 1. The standard InChI is InChI=1S/C26H34ClN5O5S/c1-31(2)12-13-36-24(33)37-17-25(10-4-11-25)30-22-21-20(9-14-38(21)34)28-23(29-22)32-15-26(16-32,35-3)18-5-7-19(27)8-6-18/h5-8H,4,9-17H2,1-3H3,(H,28,29,30). The van der Waals surface area contributed by atoms with Gasteiger partial charge in [-0.05, 0) is 51.1 Å². The molecule has 3 heterocycles. The highest BCUT2D eigenvalue weighted by Gasteiger charge is 2.47. The number of benzene rings is 1. The summed E-state index contributed by atoms with van der Waals surface area (Å²) in [6, 6.07) is 7.69. The van der Waals surface area contributed by atoms with Crippen molar-refractivity contribution in [1.29, 1.82) is 0 Å². The van der Waals surface area contributed by atoms with Gasteiger partial charge in [0, 0.05) is 30.9 Å². The molecule has 5 rings (SSSR count). The van der Waals surface area contributed by atoms with Gasteiger partial charge in [0.25, 0.3) is 0 Å². The minimum atomic E-state index is -1.18. The summed E-state index contributed by atoms with van der Waals surface area (Å²) in [5, 5.41) is 4.19. The van der Waals surface area contributed by atoms with Crippen LogP contribution in [0, 0.1) is 0 Å². The number of aryl methyl sites for hydroxylation is 1. The van der Waals surface area contributed by atoms with E-state index in [1.54, 1.807) is 7.11 Å². The van der Waals surface area contributed by atoms with Crippen LogP contribution in [0.2, 0.25) is 5.02 Å². The maximum Gasteiger partial charge on any atom is 0.508 e. The van der Waals surface area contributed by atoms with Gasteiger partial charge in [0.15, 0.2) is 0 Å². The van der Waals surface area contributed by atoms with Crippen molar-refractivity contribution in [3.8, 4) is 0 Å². The third kappa shape index (κ3) is 5.47. The van der Waals surface area contributed by atoms with Gasteiger partial charge in [-0.3, -0.25) is 4.21 Å². The fraction of sp³-hybridized carbons (Fsp3) is 0.577. The van der Waals surface area contributed by atoms with Gasteiger partial charge < -0.3 is 29.3 Å². The molecule has 206 valence electrons. The van der Waals surface area contributed by atoms with E-state index in [-0.39, 0.29) is 13.2 Å². The van der Waals surface area contributed by atoms with E-state index >= 15 is 0 Å². The molecule has 1 aromatic carbocycles. The third-order valence-corrected chi connectivity index (χ3v) is 9.24. The second-order valence-corrected chi connectivity index (χ2v) is 12.4. The van der Waals surface area contributed by atoms with E-state index in [9.17, 15) is 9.00 Å². The topological polar surface area (TPSA) is 106 Å². The Bertz CT molecular complexity index is 1200. The van der Waals surface area contributed by atoms with Crippen LogP contribution in [-0.2, 0) is 37.0 Å². The normalized spacial score (nSPS) is 20.9. The molecule has 0 radical (unpaired) electrons. The van der Waals surface area contributed by atoms with Crippen molar-refractivity contribution in [3.63, 3.8) is 0 Å². The highest BCUT2D eigenvalue weighted by Crippen LogP contribution is 2.41. The molecule has 1 aliphatic carbocycles. The van der Waals surface area contributed by atoms with Crippen molar-refractivity contribution in [3.05, 3.63) is 40.5 Å². The number of nitrogens with zero attached hydrogens (tertiary/aromatic N) is 4. The van der Waals surface area contributed by atoms with Crippen LogP contribution in [0.25, 0.3) is 0 Å². The third-order valence-electron chi connectivity index (χ3n) is 7.53. The summed E-state index contributed by atoms with van der Waals surface area (Å²) in [6.45, 7) is 2.21. The second-order valence-electron chi connectivity index (χ2n) is 10.5. The molecule has 2 aliphatic heterocycles. The van der Waals surface area contributed by atoms with Gasteiger partial charge in [-0.2, -0.15) is 4.98 Å². The van der Waals surface area contributed by atoms with Crippen molar-refractivity contribution in [2.75, 3.05) is 70.0 Å². The summed E-state index contributed by atoms with van der Waals surface area (Å²) in [7, 11) is 4.35. The summed E-state index contributed by atoms with van der Waals surface area (Å²) in [4.78, 5) is 26.4. The molecule has 3 aliphatic rings. The number of hydrogen-bond acceptors (Lipinski definition) is 10. The van der Waals surface area contributed by atoms with Crippen LogP contribution in [0.1, 0.15) is 30.5 Å². The summed E-state index contributed by atoms with van der Waals surface area (Å²) in [6.07, 6.45) is 2.57. The second kappa shape index (κ2) is 11.0. The number of hydrogen-bond donors (Lipinski definition) is 1. The lowest BCUT2D eigenvalue weighted by Crippen LogP contribution is -2.61. The Morgan fingerprint density at radius 3 is 2.55 bits per heavy atom. The largest absolute Gasteiger partial charge is 0.508 e. The smallest absolute Gasteiger partial charge is 0.433 e. The van der Waals surface area contributed by atoms with Crippen LogP contribution < -0.4 is 10.2 Å². The first-order valence-corrected chi connectivity index (χ1v) is 14.5. The molecule has 0 amide bonds. The Morgan fingerprint density at radius 1 is 1.18 bits per heavy atom. The van der Waals surface area contributed by atoms with Crippen LogP contribution in [0.3, 0.4) is 0 Å². The molecule has 38 heavy (non-hydrogen) atoms. The Morgan fingerprint density at radius 2 is 1.92 bits per heavy atom. The minimum Gasteiger partial charge on any atom is -0.433 e. The molecule has 1 saturated carbocycles. The molecule has 2 aromatic rings. The van der Waals surface area contributed by atoms with E-state index in [0.29, 0.717) is 53.5 Å². The van der Waals surface area contributed by atoms with Crippen LogP contribution in [0.5, 0.6) is 0 Å². The van der Waals surface area contributed by atoms with E-state index in [2.05, 4.69) is 10.2 Å². The number of halogens is 1. The molecule has 1 atom stereocenters. The van der Waals surface area contributed by atoms with E-state index in [4.69, 9.17) is 35.8 Å². The van der Waals surface area contributed by atoms with Gasteiger partial charge in [0.1, 0.15) is 29.5 Å². The molecule has 2 fully saturated rings. The average molecular weight is 564 g/mol. The number of rotatable bonds is 10. The molecule has 10 nitrogen and oxygen atoms in total. The molecule has 1 unspecified atom stereocenters. The van der Waals surface area contributed by atoms with Gasteiger partial charge in [0.2, 0.25) is 5.95 Å². The van der Waals surface area contributed by atoms with E-state index in [1.165, 1.54) is 0 Å². The summed E-state index contributed by atoms with van der Waals surface area (Å²) in [5.41, 5.74) is 0.903. The predicted octanol–water partition coefficient (Wildman–Crippen LogP) is 3.21. The van der Waals surface area contributed by atoms with Gasteiger partial charge in [-0.25, -0.2) is 9.78 Å². The summed E-state index contributed by atoms with van der Waals surface area (Å²) >= 11 is 6.08. The highest BCUT2D eigenvalue weighted by atomic mass is 35.5. The van der Waals surface area contributed by atoms with E-state index < -0.39 is 28.1 Å². The fourth-order valence-electron chi connectivity index (χ4n) is 5.02. The van der Waals surface area contributed by atoms with Gasteiger partial charge in [-0.15, -0.1) is 0 Å². The highest BCUT2D eigenvalue weighted by molar-refractivity contribution is 7.85. The first kappa shape index (κ1) is 27.1. The van der Waals surface area contributed by atoms with Crippen molar-refractivity contribution < 1.29 is 23.2 Å². The molecule has 1 aromatic heterocycles. The number of fused-ring (bicyclic) bond motifs is 1. The number of ether oxygens (including phenoxy) is 3. The predicted molar refractivity (Wildman–Crippen MR) is 145 cm³/mol. The first-order valence-electron chi connectivity index (χ1n) is 12.8. The molecular formula is C26H34ClN5O5S. The molecule has 0 bridgehead atoms. The molecule has 1 saturated heterocycles. The number of anilines is 2. The monoisotopic (exact) mass is 563 g/mol. The number of nitrogens with one attached hydrogen (secondary N) is 1. The number of carbonyl (C=O) groups excluding carboxylic acids is 1. The Labute approximate surface area is 230 Å². The van der Waals surface area contributed by atoms with Crippen molar-refractivity contribution in [1.82, 2.24) is 14.9 Å². The number of likely N-dealkylation sites (N-methyl/N-ethyl adjacent to an activating group) is 1. The Kier molecular flexibility index (Phi) is 7.82. The van der Waals surface area contributed by atoms with Crippen LogP contribution in [0.15, 0.2) is 29.2 Å². The van der Waals surface area contributed by atoms with E-state index in [1.807, 2.05) is 43.3 Å². The summed E-state index contributed by atoms with van der Waals surface area (Å²) < 4.78 is 29.4. The number of aromatic nitrogens is 2. The van der Waals surface area contributed by atoms with Crippen molar-refractivity contribution in [2.45, 2.75) is 41.7 Å². The van der Waals surface area contributed by atoms with E-state index in [0.717, 1.165) is 30.5 Å². The fourth-order valence-corrected chi connectivity index (χ4v) is 6.45. The maximum absolute atomic E-state index is 12.9. The molecule has 1 N–H and O–H groups in total. The first-order chi connectivity index (χ1) is 18.2.